The molecule has 2 aromatic rings. The van der Waals surface area contributed by atoms with Gasteiger partial charge in [-0.25, -0.2) is 0 Å². The van der Waals surface area contributed by atoms with E-state index in [1.165, 1.54) is 11.1 Å². The van der Waals surface area contributed by atoms with Crippen LogP contribution < -0.4 is 0 Å². The lowest BCUT2D eigenvalue weighted by Crippen LogP contribution is -2.29. The first-order valence-corrected chi connectivity index (χ1v) is 8.44. The zero-order chi connectivity index (χ0) is 16.2. The second kappa shape index (κ2) is 7.23. The van der Waals surface area contributed by atoms with Crippen LogP contribution in [-0.2, 0) is 13.0 Å². The lowest BCUT2D eigenvalue weighted by atomic mass is 10.1. The number of fused-ring (bicyclic) bond motifs is 1. The summed E-state index contributed by atoms with van der Waals surface area (Å²) < 4.78 is 5.78. The van der Waals surface area contributed by atoms with E-state index < -0.39 is 0 Å². The van der Waals surface area contributed by atoms with Crippen LogP contribution >= 0.6 is 0 Å². The smallest absolute Gasteiger partial charge is 0.230 e. The molecule has 23 heavy (non-hydrogen) atoms. The summed E-state index contributed by atoms with van der Waals surface area (Å²) in [5.41, 5.74) is 2.83. The number of benzene rings is 1. The highest BCUT2D eigenvalue weighted by Crippen LogP contribution is 2.36. The SMILES string of the molecule is CC(C)c1nnc(CN(CCCO)C2CCc3ccccc32)o1. The molecule has 0 bridgehead atoms. The third kappa shape index (κ3) is 3.62. The molecule has 0 amide bonds. The molecule has 1 heterocycles. The van der Waals surface area contributed by atoms with Gasteiger partial charge in [-0.2, -0.15) is 0 Å². The number of hydrogen-bond acceptors (Lipinski definition) is 5. The summed E-state index contributed by atoms with van der Waals surface area (Å²) in [6, 6.07) is 9.00. The number of aryl methyl sites for hydroxylation is 1. The van der Waals surface area contributed by atoms with Crippen LogP contribution in [-0.4, -0.2) is 33.4 Å². The van der Waals surface area contributed by atoms with Crippen LogP contribution in [0.25, 0.3) is 0 Å². The highest BCUT2D eigenvalue weighted by molar-refractivity contribution is 5.34. The van der Waals surface area contributed by atoms with Gasteiger partial charge in [-0.15, -0.1) is 10.2 Å². The second-order valence-corrected chi connectivity index (χ2v) is 6.49. The van der Waals surface area contributed by atoms with Crippen molar-refractivity contribution in [2.75, 3.05) is 13.2 Å². The van der Waals surface area contributed by atoms with Gasteiger partial charge in [-0.1, -0.05) is 38.1 Å². The molecule has 0 radical (unpaired) electrons. The zero-order valence-electron chi connectivity index (χ0n) is 13.9. The summed E-state index contributed by atoms with van der Waals surface area (Å²) in [6.07, 6.45) is 2.97. The Morgan fingerprint density at radius 2 is 2.13 bits per heavy atom. The fourth-order valence-electron chi connectivity index (χ4n) is 3.27. The van der Waals surface area contributed by atoms with Crippen molar-refractivity contribution in [3.8, 4) is 0 Å². The molecule has 1 aromatic carbocycles. The van der Waals surface area contributed by atoms with Gasteiger partial charge in [0.25, 0.3) is 0 Å². The van der Waals surface area contributed by atoms with E-state index in [9.17, 15) is 5.11 Å². The first-order chi connectivity index (χ1) is 11.2. The second-order valence-electron chi connectivity index (χ2n) is 6.49. The maximum absolute atomic E-state index is 9.22. The molecule has 0 fully saturated rings. The van der Waals surface area contributed by atoms with Crippen LogP contribution in [0.4, 0.5) is 0 Å². The van der Waals surface area contributed by atoms with Gasteiger partial charge in [0.05, 0.1) is 6.54 Å². The third-order valence-electron chi connectivity index (χ3n) is 4.46. The van der Waals surface area contributed by atoms with Crippen molar-refractivity contribution < 1.29 is 9.52 Å². The van der Waals surface area contributed by atoms with Crippen LogP contribution in [0.2, 0.25) is 0 Å². The average molecular weight is 315 g/mol. The molecule has 1 N–H and O–H groups in total. The van der Waals surface area contributed by atoms with Crippen molar-refractivity contribution >= 4 is 0 Å². The molecule has 3 rings (SSSR count). The molecule has 0 spiro atoms. The summed E-state index contributed by atoms with van der Waals surface area (Å²) in [6.45, 7) is 5.77. The normalized spacial score (nSPS) is 17.2. The van der Waals surface area contributed by atoms with Gasteiger partial charge in [0.1, 0.15) is 0 Å². The van der Waals surface area contributed by atoms with E-state index in [1.54, 1.807) is 0 Å². The van der Waals surface area contributed by atoms with Crippen molar-refractivity contribution in [2.24, 2.45) is 0 Å². The Bertz CT molecular complexity index is 639. The molecule has 5 nitrogen and oxygen atoms in total. The van der Waals surface area contributed by atoms with Crippen molar-refractivity contribution in [1.29, 1.82) is 0 Å². The quantitative estimate of drug-likeness (QED) is 0.851. The number of rotatable bonds is 7. The summed E-state index contributed by atoms with van der Waals surface area (Å²) in [5.74, 6) is 1.60. The summed E-state index contributed by atoms with van der Waals surface area (Å²) >= 11 is 0. The minimum absolute atomic E-state index is 0.200. The zero-order valence-corrected chi connectivity index (χ0v) is 13.9. The van der Waals surface area contributed by atoms with Crippen LogP contribution in [0.15, 0.2) is 28.7 Å². The molecular formula is C18H25N3O2. The predicted molar refractivity (Wildman–Crippen MR) is 88.0 cm³/mol. The largest absolute Gasteiger partial charge is 0.424 e. The fraction of sp³-hybridized carbons (Fsp3) is 0.556. The summed E-state index contributed by atoms with van der Waals surface area (Å²) in [4.78, 5) is 2.36. The maximum Gasteiger partial charge on any atom is 0.230 e. The van der Waals surface area contributed by atoms with Gasteiger partial charge < -0.3 is 9.52 Å². The number of nitrogens with zero attached hydrogens (tertiary/aromatic N) is 3. The Balaban J connectivity index is 1.78. The molecule has 1 atom stereocenters. The van der Waals surface area contributed by atoms with Crippen LogP contribution in [0.3, 0.4) is 0 Å². The molecule has 0 saturated heterocycles. The maximum atomic E-state index is 9.22. The highest BCUT2D eigenvalue weighted by Gasteiger charge is 2.28. The molecule has 1 unspecified atom stereocenters. The summed E-state index contributed by atoms with van der Waals surface area (Å²) in [5, 5.41) is 17.5. The number of aromatic nitrogens is 2. The van der Waals surface area contributed by atoms with Crippen LogP contribution in [0.1, 0.15) is 61.6 Å². The van der Waals surface area contributed by atoms with Crippen molar-refractivity contribution in [1.82, 2.24) is 15.1 Å². The Morgan fingerprint density at radius 1 is 1.30 bits per heavy atom. The van der Waals surface area contributed by atoms with E-state index in [1.807, 2.05) is 13.8 Å². The lowest BCUT2D eigenvalue weighted by Gasteiger charge is -2.28. The first-order valence-electron chi connectivity index (χ1n) is 8.44. The molecule has 1 aliphatic rings. The van der Waals surface area contributed by atoms with Crippen LogP contribution in [0, 0.1) is 0 Å². The van der Waals surface area contributed by atoms with E-state index in [0.29, 0.717) is 24.4 Å². The monoisotopic (exact) mass is 315 g/mol. The van der Waals surface area contributed by atoms with Gasteiger partial charge in [-0.3, -0.25) is 4.90 Å². The number of aliphatic hydroxyl groups is 1. The van der Waals surface area contributed by atoms with Gasteiger partial charge in [0, 0.05) is 25.1 Å². The first kappa shape index (κ1) is 16.1. The molecule has 0 aliphatic heterocycles. The van der Waals surface area contributed by atoms with E-state index in [2.05, 4.69) is 39.4 Å². The lowest BCUT2D eigenvalue weighted by molar-refractivity contribution is 0.151. The minimum atomic E-state index is 0.200. The molecule has 124 valence electrons. The van der Waals surface area contributed by atoms with E-state index in [-0.39, 0.29) is 12.5 Å². The molecule has 1 aliphatic carbocycles. The van der Waals surface area contributed by atoms with Crippen molar-refractivity contribution in [2.45, 2.75) is 51.6 Å². The summed E-state index contributed by atoms with van der Waals surface area (Å²) in [7, 11) is 0. The molecule has 5 heteroatoms. The predicted octanol–water partition coefficient (Wildman–Crippen LogP) is 3.06. The molecule has 0 saturated carbocycles. The molecular weight excluding hydrogens is 290 g/mol. The van der Waals surface area contributed by atoms with E-state index in [0.717, 1.165) is 25.8 Å². The standard InChI is InChI=1S/C18H25N3O2/c1-13(2)18-20-19-17(23-18)12-21(10-5-11-22)16-9-8-14-6-3-4-7-15(14)16/h3-4,6-7,13,16,22H,5,8-12H2,1-2H3. The average Bonchev–Trinajstić information content (AvgIpc) is 3.18. The van der Waals surface area contributed by atoms with Gasteiger partial charge >= 0.3 is 0 Å². The van der Waals surface area contributed by atoms with Gasteiger partial charge in [-0.05, 0) is 30.4 Å². The number of aliphatic hydroxyl groups excluding tert-OH is 1. The van der Waals surface area contributed by atoms with Crippen molar-refractivity contribution in [3.05, 3.63) is 47.2 Å². The minimum Gasteiger partial charge on any atom is -0.424 e. The number of hydrogen-bond donors (Lipinski definition) is 1. The van der Waals surface area contributed by atoms with Gasteiger partial charge in [0.2, 0.25) is 11.8 Å². The Morgan fingerprint density at radius 3 is 2.87 bits per heavy atom. The van der Waals surface area contributed by atoms with Gasteiger partial charge in [0.15, 0.2) is 0 Å². The Labute approximate surface area is 137 Å². The third-order valence-corrected chi connectivity index (χ3v) is 4.46. The van der Waals surface area contributed by atoms with E-state index in [4.69, 9.17) is 4.42 Å². The van der Waals surface area contributed by atoms with E-state index >= 15 is 0 Å². The fourth-order valence-corrected chi connectivity index (χ4v) is 3.27. The molecule has 1 aromatic heterocycles. The highest BCUT2D eigenvalue weighted by atomic mass is 16.4. The Hall–Kier alpha value is -1.72. The topological polar surface area (TPSA) is 62.4 Å². The Kier molecular flexibility index (Phi) is 5.08. The van der Waals surface area contributed by atoms with Crippen molar-refractivity contribution in [3.63, 3.8) is 0 Å². The van der Waals surface area contributed by atoms with Crippen LogP contribution in [0.5, 0.6) is 0 Å².